The van der Waals surface area contributed by atoms with Gasteiger partial charge in [0.25, 0.3) is 0 Å². The summed E-state index contributed by atoms with van der Waals surface area (Å²) in [4.78, 5) is 10.5. The Kier molecular flexibility index (Phi) is 3.39. The van der Waals surface area contributed by atoms with Crippen LogP contribution in [-0.2, 0) is 9.53 Å². The second kappa shape index (κ2) is 3.82. The zero-order valence-electron chi connectivity index (χ0n) is 7.10. The minimum absolute atomic E-state index is 0.326. The Balaban J connectivity index is 4.21. The molecule has 0 aromatic carbocycles. The quantitative estimate of drug-likeness (QED) is 0.420. The van der Waals surface area contributed by atoms with Crippen LogP contribution in [0.25, 0.3) is 0 Å². The zero-order chi connectivity index (χ0) is 8.91. The van der Waals surface area contributed by atoms with E-state index in [1.807, 2.05) is 0 Å². The largest absolute Gasteiger partial charge is 0.447 e. The van der Waals surface area contributed by atoms with E-state index >= 15 is 0 Å². The van der Waals surface area contributed by atoms with E-state index in [9.17, 15) is 4.79 Å². The van der Waals surface area contributed by atoms with Crippen LogP contribution in [-0.4, -0.2) is 11.6 Å². The zero-order valence-corrected chi connectivity index (χ0v) is 7.10. The molecule has 0 bridgehead atoms. The van der Waals surface area contributed by atoms with E-state index in [1.54, 1.807) is 13.8 Å². The fourth-order valence-corrected chi connectivity index (χ4v) is 0.610. The fraction of sp³-hybridized carbons (Fsp3) is 0.444. The SMILES string of the molecule is C=CC#CC(C)(C)OC(C)=O. The Bertz CT molecular complexity index is 215. The average molecular weight is 152 g/mol. The average Bonchev–Trinajstić information content (AvgIpc) is 1.81. The number of carbonyl (C=O) groups is 1. The fourth-order valence-electron chi connectivity index (χ4n) is 0.610. The molecular formula is C9H12O2. The first-order valence-corrected chi connectivity index (χ1v) is 3.31. The van der Waals surface area contributed by atoms with Gasteiger partial charge >= 0.3 is 5.97 Å². The summed E-state index contributed by atoms with van der Waals surface area (Å²) in [7, 11) is 0. The van der Waals surface area contributed by atoms with Crippen LogP contribution in [0.2, 0.25) is 0 Å². The molecular weight excluding hydrogens is 140 g/mol. The van der Waals surface area contributed by atoms with Crippen molar-refractivity contribution in [1.29, 1.82) is 0 Å². The van der Waals surface area contributed by atoms with Crippen molar-refractivity contribution in [1.82, 2.24) is 0 Å². The third kappa shape index (κ3) is 5.23. The van der Waals surface area contributed by atoms with Gasteiger partial charge < -0.3 is 4.74 Å². The molecule has 0 fully saturated rings. The van der Waals surface area contributed by atoms with E-state index < -0.39 is 5.60 Å². The molecule has 0 amide bonds. The summed E-state index contributed by atoms with van der Waals surface area (Å²) in [6, 6.07) is 0. The molecule has 11 heavy (non-hydrogen) atoms. The Morgan fingerprint density at radius 3 is 2.55 bits per heavy atom. The third-order valence-corrected chi connectivity index (χ3v) is 0.874. The second-order valence-corrected chi connectivity index (χ2v) is 2.58. The number of hydrogen-bond donors (Lipinski definition) is 0. The lowest BCUT2D eigenvalue weighted by atomic mass is 10.1. The maximum absolute atomic E-state index is 10.5. The summed E-state index contributed by atoms with van der Waals surface area (Å²) < 4.78 is 4.88. The van der Waals surface area contributed by atoms with Crippen molar-refractivity contribution < 1.29 is 9.53 Å². The molecule has 0 spiro atoms. The van der Waals surface area contributed by atoms with Crippen LogP contribution in [0, 0.1) is 11.8 Å². The molecule has 2 nitrogen and oxygen atoms in total. The van der Waals surface area contributed by atoms with Gasteiger partial charge in [0.15, 0.2) is 5.60 Å². The van der Waals surface area contributed by atoms with Crippen molar-refractivity contribution in [3.63, 3.8) is 0 Å². The first-order valence-electron chi connectivity index (χ1n) is 3.31. The minimum atomic E-state index is -0.708. The molecule has 0 heterocycles. The lowest BCUT2D eigenvalue weighted by molar-refractivity contribution is -0.148. The van der Waals surface area contributed by atoms with Gasteiger partial charge in [0, 0.05) is 6.92 Å². The van der Waals surface area contributed by atoms with Crippen molar-refractivity contribution in [2.45, 2.75) is 26.4 Å². The number of ether oxygens (including phenoxy) is 1. The molecule has 0 radical (unpaired) electrons. The van der Waals surface area contributed by atoms with Gasteiger partial charge in [-0.1, -0.05) is 18.4 Å². The van der Waals surface area contributed by atoms with E-state index in [0.29, 0.717) is 0 Å². The van der Waals surface area contributed by atoms with Crippen LogP contribution in [0.5, 0.6) is 0 Å². The van der Waals surface area contributed by atoms with Gasteiger partial charge in [-0.15, -0.1) is 0 Å². The summed E-state index contributed by atoms with van der Waals surface area (Å²) >= 11 is 0. The van der Waals surface area contributed by atoms with Crippen LogP contribution in [0.3, 0.4) is 0 Å². The van der Waals surface area contributed by atoms with E-state index in [-0.39, 0.29) is 5.97 Å². The molecule has 0 unspecified atom stereocenters. The van der Waals surface area contributed by atoms with Crippen molar-refractivity contribution in [3.05, 3.63) is 12.7 Å². The Morgan fingerprint density at radius 2 is 2.18 bits per heavy atom. The van der Waals surface area contributed by atoms with Gasteiger partial charge in [-0.25, -0.2) is 0 Å². The molecule has 0 aromatic heterocycles. The monoisotopic (exact) mass is 152 g/mol. The number of allylic oxidation sites excluding steroid dienone is 1. The van der Waals surface area contributed by atoms with Crippen molar-refractivity contribution in [2.24, 2.45) is 0 Å². The Labute approximate surface area is 67.2 Å². The van der Waals surface area contributed by atoms with Crippen LogP contribution in [0.1, 0.15) is 20.8 Å². The van der Waals surface area contributed by atoms with Gasteiger partial charge in [-0.3, -0.25) is 4.79 Å². The molecule has 0 N–H and O–H groups in total. The maximum Gasteiger partial charge on any atom is 0.304 e. The van der Waals surface area contributed by atoms with Crippen molar-refractivity contribution >= 4 is 5.97 Å². The summed E-state index contributed by atoms with van der Waals surface area (Å²) in [5, 5.41) is 0. The van der Waals surface area contributed by atoms with Gasteiger partial charge in [-0.2, -0.15) is 0 Å². The van der Waals surface area contributed by atoms with Crippen molar-refractivity contribution in [3.8, 4) is 11.8 Å². The Hall–Kier alpha value is -1.23. The first kappa shape index (κ1) is 9.77. The van der Waals surface area contributed by atoms with Gasteiger partial charge in [0.05, 0.1) is 0 Å². The predicted octanol–water partition coefficient (Wildman–Crippen LogP) is 1.52. The van der Waals surface area contributed by atoms with E-state index in [0.717, 1.165) is 0 Å². The van der Waals surface area contributed by atoms with E-state index in [1.165, 1.54) is 13.0 Å². The molecule has 0 aliphatic carbocycles. The smallest absolute Gasteiger partial charge is 0.304 e. The molecule has 0 aromatic rings. The first-order chi connectivity index (χ1) is 4.98. The Morgan fingerprint density at radius 1 is 1.64 bits per heavy atom. The van der Waals surface area contributed by atoms with Crippen LogP contribution >= 0.6 is 0 Å². The number of hydrogen-bond acceptors (Lipinski definition) is 2. The maximum atomic E-state index is 10.5. The van der Waals surface area contributed by atoms with E-state index in [4.69, 9.17) is 4.74 Å². The highest BCUT2D eigenvalue weighted by molar-refractivity contribution is 5.67. The topological polar surface area (TPSA) is 26.3 Å². The number of rotatable bonds is 1. The number of carbonyl (C=O) groups excluding carboxylic acids is 1. The highest BCUT2D eigenvalue weighted by Gasteiger charge is 2.16. The van der Waals surface area contributed by atoms with E-state index in [2.05, 4.69) is 18.4 Å². The third-order valence-electron chi connectivity index (χ3n) is 0.874. The summed E-state index contributed by atoms with van der Waals surface area (Å²) in [5.41, 5.74) is -0.708. The standard InChI is InChI=1S/C9H12O2/c1-5-6-7-9(3,4)11-8(2)10/h5H,1H2,2-4H3. The highest BCUT2D eigenvalue weighted by atomic mass is 16.6. The van der Waals surface area contributed by atoms with Crippen LogP contribution in [0.4, 0.5) is 0 Å². The molecule has 0 aliphatic heterocycles. The molecule has 0 saturated carbocycles. The van der Waals surface area contributed by atoms with Crippen LogP contribution < -0.4 is 0 Å². The van der Waals surface area contributed by atoms with Crippen LogP contribution in [0.15, 0.2) is 12.7 Å². The summed E-state index contributed by atoms with van der Waals surface area (Å²) in [5.74, 6) is 5.03. The molecule has 60 valence electrons. The number of esters is 1. The second-order valence-electron chi connectivity index (χ2n) is 2.58. The summed E-state index contributed by atoms with van der Waals surface area (Å²) in [6.45, 7) is 8.24. The molecule has 0 aliphatic rings. The molecule has 0 atom stereocenters. The predicted molar refractivity (Wildman–Crippen MR) is 43.8 cm³/mol. The molecule has 0 rings (SSSR count). The minimum Gasteiger partial charge on any atom is -0.447 e. The van der Waals surface area contributed by atoms with Gasteiger partial charge in [0.2, 0.25) is 0 Å². The van der Waals surface area contributed by atoms with Crippen molar-refractivity contribution in [2.75, 3.05) is 0 Å². The molecule has 0 saturated heterocycles. The highest BCUT2D eigenvalue weighted by Crippen LogP contribution is 2.06. The molecule has 2 heteroatoms. The normalized spacial score (nSPS) is 9.36. The lowest BCUT2D eigenvalue weighted by Gasteiger charge is -2.16. The van der Waals surface area contributed by atoms with Gasteiger partial charge in [0.1, 0.15) is 0 Å². The van der Waals surface area contributed by atoms with Gasteiger partial charge in [-0.05, 0) is 19.9 Å². The summed E-state index contributed by atoms with van der Waals surface area (Å²) in [6.07, 6.45) is 1.46. The lowest BCUT2D eigenvalue weighted by Crippen LogP contribution is -2.24.